The predicted molar refractivity (Wildman–Crippen MR) is 80.0 cm³/mol. The van der Waals surface area contributed by atoms with Crippen molar-refractivity contribution in [2.24, 2.45) is 0 Å². The van der Waals surface area contributed by atoms with E-state index in [4.69, 9.17) is 4.74 Å². The molecule has 0 bridgehead atoms. The Morgan fingerprint density at radius 2 is 1.95 bits per heavy atom. The Bertz CT molecular complexity index is 735. The van der Waals surface area contributed by atoms with E-state index in [1.165, 1.54) is 17.5 Å². The Kier molecular flexibility index (Phi) is 3.79. The van der Waals surface area contributed by atoms with Crippen LogP contribution in [0.4, 0.5) is 5.82 Å². The first kappa shape index (κ1) is 13.5. The molecular weight excluding hydrogens is 266 g/mol. The Hall–Kier alpha value is -2.47. The number of fused-ring (bicyclic) bond motifs is 1. The standard InChI is InChI=1S/C15H17N5O/c1-11-7-14(20-15(19-11)17-10-18-20)16-8-12-3-5-13(6-4-12)9-21-2/h3-7,10,16H,8-9H2,1-2H3. The molecule has 0 radical (unpaired) electrons. The lowest BCUT2D eigenvalue weighted by Gasteiger charge is -2.09. The number of nitrogens with zero attached hydrogens (tertiary/aromatic N) is 4. The molecule has 0 fully saturated rings. The van der Waals surface area contributed by atoms with Gasteiger partial charge in [0.2, 0.25) is 0 Å². The quantitative estimate of drug-likeness (QED) is 0.777. The molecule has 6 heteroatoms. The summed E-state index contributed by atoms with van der Waals surface area (Å²) in [5.41, 5.74) is 3.27. The minimum absolute atomic E-state index is 0.605. The molecule has 1 N–H and O–H groups in total. The van der Waals surface area contributed by atoms with Gasteiger partial charge in [0.25, 0.3) is 5.78 Å². The molecule has 0 aliphatic rings. The number of rotatable bonds is 5. The lowest BCUT2D eigenvalue weighted by atomic mass is 10.1. The zero-order valence-corrected chi connectivity index (χ0v) is 12.1. The molecule has 2 heterocycles. The average molecular weight is 283 g/mol. The highest BCUT2D eigenvalue weighted by atomic mass is 16.5. The average Bonchev–Trinajstić information content (AvgIpc) is 2.94. The molecule has 2 aromatic heterocycles. The van der Waals surface area contributed by atoms with Crippen LogP contribution in [0.3, 0.4) is 0 Å². The molecule has 0 saturated heterocycles. The van der Waals surface area contributed by atoms with Crippen LogP contribution < -0.4 is 5.32 Å². The fraction of sp³-hybridized carbons (Fsp3) is 0.267. The monoisotopic (exact) mass is 283 g/mol. The molecule has 0 spiro atoms. The minimum Gasteiger partial charge on any atom is -0.380 e. The zero-order chi connectivity index (χ0) is 14.7. The van der Waals surface area contributed by atoms with Crippen molar-refractivity contribution < 1.29 is 4.74 Å². The van der Waals surface area contributed by atoms with E-state index in [1.807, 2.05) is 13.0 Å². The Morgan fingerprint density at radius 1 is 1.19 bits per heavy atom. The number of aromatic nitrogens is 4. The molecule has 3 aromatic rings. The van der Waals surface area contributed by atoms with Crippen molar-refractivity contribution in [2.45, 2.75) is 20.1 Å². The second-order valence-electron chi connectivity index (χ2n) is 4.86. The lowest BCUT2D eigenvalue weighted by Crippen LogP contribution is -2.07. The second-order valence-corrected chi connectivity index (χ2v) is 4.86. The number of benzene rings is 1. The number of ether oxygens (including phenoxy) is 1. The fourth-order valence-electron chi connectivity index (χ4n) is 2.17. The zero-order valence-electron chi connectivity index (χ0n) is 12.1. The first-order valence-corrected chi connectivity index (χ1v) is 6.74. The molecule has 21 heavy (non-hydrogen) atoms. The molecule has 108 valence electrons. The minimum atomic E-state index is 0.605. The van der Waals surface area contributed by atoms with E-state index < -0.39 is 0 Å². The van der Waals surface area contributed by atoms with Gasteiger partial charge in [0, 0.05) is 25.4 Å². The smallest absolute Gasteiger partial charge is 0.254 e. The van der Waals surface area contributed by atoms with Crippen molar-refractivity contribution in [3.8, 4) is 0 Å². The van der Waals surface area contributed by atoms with Gasteiger partial charge in [-0.15, -0.1) is 0 Å². The van der Waals surface area contributed by atoms with Gasteiger partial charge in [0.1, 0.15) is 12.1 Å². The van der Waals surface area contributed by atoms with Gasteiger partial charge in [-0.2, -0.15) is 14.6 Å². The van der Waals surface area contributed by atoms with E-state index in [0.29, 0.717) is 18.9 Å². The molecule has 0 unspecified atom stereocenters. The topological polar surface area (TPSA) is 64.3 Å². The molecule has 0 aliphatic carbocycles. The van der Waals surface area contributed by atoms with Crippen molar-refractivity contribution in [3.63, 3.8) is 0 Å². The molecule has 6 nitrogen and oxygen atoms in total. The maximum Gasteiger partial charge on any atom is 0.254 e. The highest BCUT2D eigenvalue weighted by molar-refractivity contribution is 5.45. The first-order valence-electron chi connectivity index (χ1n) is 6.74. The SMILES string of the molecule is COCc1ccc(CNc2cc(C)nc3ncnn23)cc1. The molecule has 0 saturated carbocycles. The van der Waals surface area contributed by atoms with Crippen molar-refractivity contribution in [1.82, 2.24) is 19.6 Å². The summed E-state index contributed by atoms with van der Waals surface area (Å²) in [6.45, 7) is 3.29. The highest BCUT2D eigenvalue weighted by Gasteiger charge is 2.05. The molecule has 0 amide bonds. The largest absolute Gasteiger partial charge is 0.380 e. The third-order valence-corrected chi connectivity index (χ3v) is 3.19. The summed E-state index contributed by atoms with van der Waals surface area (Å²) in [7, 11) is 1.70. The van der Waals surface area contributed by atoms with Gasteiger partial charge < -0.3 is 10.1 Å². The van der Waals surface area contributed by atoms with E-state index in [2.05, 4.69) is 44.6 Å². The summed E-state index contributed by atoms with van der Waals surface area (Å²) in [6.07, 6.45) is 1.51. The molecule has 3 rings (SSSR count). The first-order chi connectivity index (χ1) is 10.3. The normalized spacial score (nSPS) is 11.0. The summed E-state index contributed by atoms with van der Waals surface area (Å²) in [6, 6.07) is 10.3. The Balaban J connectivity index is 1.75. The van der Waals surface area contributed by atoms with Gasteiger partial charge in [-0.05, 0) is 18.1 Å². The van der Waals surface area contributed by atoms with E-state index >= 15 is 0 Å². The molecule has 0 atom stereocenters. The molecular formula is C15H17N5O. The van der Waals surface area contributed by atoms with Gasteiger partial charge in [-0.3, -0.25) is 0 Å². The van der Waals surface area contributed by atoms with Crippen LogP contribution >= 0.6 is 0 Å². The summed E-state index contributed by atoms with van der Waals surface area (Å²) in [4.78, 5) is 8.43. The Morgan fingerprint density at radius 3 is 2.71 bits per heavy atom. The summed E-state index contributed by atoms with van der Waals surface area (Å²) in [5.74, 6) is 1.49. The number of nitrogens with one attached hydrogen (secondary N) is 1. The van der Waals surface area contributed by atoms with E-state index in [-0.39, 0.29) is 0 Å². The van der Waals surface area contributed by atoms with E-state index in [1.54, 1.807) is 11.6 Å². The summed E-state index contributed by atoms with van der Waals surface area (Å²) >= 11 is 0. The van der Waals surface area contributed by atoms with Crippen LogP contribution in [0.2, 0.25) is 0 Å². The maximum atomic E-state index is 5.11. The molecule has 0 aliphatic heterocycles. The fourth-order valence-corrected chi connectivity index (χ4v) is 2.17. The van der Waals surface area contributed by atoms with Gasteiger partial charge in [0.05, 0.1) is 6.61 Å². The van der Waals surface area contributed by atoms with Crippen molar-refractivity contribution in [3.05, 3.63) is 53.5 Å². The van der Waals surface area contributed by atoms with Crippen LogP contribution in [0.15, 0.2) is 36.7 Å². The van der Waals surface area contributed by atoms with E-state index in [0.717, 1.165) is 11.5 Å². The second kappa shape index (κ2) is 5.88. The number of methoxy groups -OCH3 is 1. The van der Waals surface area contributed by atoms with Crippen LogP contribution in [0.5, 0.6) is 0 Å². The number of anilines is 1. The predicted octanol–water partition coefficient (Wildman–Crippen LogP) is 2.19. The van der Waals surface area contributed by atoms with Crippen LogP contribution in [0, 0.1) is 6.92 Å². The van der Waals surface area contributed by atoms with Crippen molar-refractivity contribution >= 4 is 11.6 Å². The third-order valence-electron chi connectivity index (χ3n) is 3.19. The number of aryl methyl sites for hydroxylation is 1. The lowest BCUT2D eigenvalue weighted by molar-refractivity contribution is 0.185. The van der Waals surface area contributed by atoms with Crippen molar-refractivity contribution in [2.75, 3.05) is 12.4 Å². The van der Waals surface area contributed by atoms with Gasteiger partial charge in [-0.25, -0.2) is 4.98 Å². The van der Waals surface area contributed by atoms with E-state index in [9.17, 15) is 0 Å². The number of hydrogen-bond acceptors (Lipinski definition) is 5. The van der Waals surface area contributed by atoms with Crippen LogP contribution in [-0.4, -0.2) is 26.7 Å². The van der Waals surface area contributed by atoms with Gasteiger partial charge in [0.15, 0.2) is 0 Å². The van der Waals surface area contributed by atoms with Crippen LogP contribution in [0.1, 0.15) is 16.8 Å². The van der Waals surface area contributed by atoms with Crippen LogP contribution in [0.25, 0.3) is 5.78 Å². The summed E-state index contributed by atoms with van der Waals surface area (Å²) < 4.78 is 6.81. The van der Waals surface area contributed by atoms with Gasteiger partial charge >= 0.3 is 0 Å². The molecule has 1 aromatic carbocycles. The third kappa shape index (κ3) is 3.00. The highest BCUT2D eigenvalue weighted by Crippen LogP contribution is 2.12. The summed E-state index contributed by atoms with van der Waals surface area (Å²) in [5, 5.41) is 7.55. The Labute approximate surface area is 122 Å². The van der Waals surface area contributed by atoms with Crippen LogP contribution in [-0.2, 0) is 17.9 Å². The number of hydrogen-bond donors (Lipinski definition) is 1. The van der Waals surface area contributed by atoms with Gasteiger partial charge in [-0.1, -0.05) is 24.3 Å². The van der Waals surface area contributed by atoms with Crippen molar-refractivity contribution in [1.29, 1.82) is 0 Å². The maximum absolute atomic E-state index is 5.11.